The Kier molecular flexibility index (Phi) is 3.18. The number of nitriles is 1. The highest BCUT2D eigenvalue weighted by molar-refractivity contribution is 5.96. The number of nitrogens with zero attached hydrogens (tertiary/aromatic N) is 1. The van der Waals surface area contributed by atoms with Gasteiger partial charge in [0, 0.05) is 5.56 Å². The molecule has 0 aliphatic rings. The van der Waals surface area contributed by atoms with Crippen LogP contribution in [-0.2, 0) is 0 Å². The Balaban J connectivity index is 3.11. The maximum Gasteiger partial charge on any atom is 0.573 e. The summed E-state index contributed by atoms with van der Waals surface area (Å²) in [6.07, 6.45) is -4.82. The van der Waals surface area contributed by atoms with Crippen molar-refractivity contribution in [1.82, 2.24) is 0 Å². The summed E-state index contributed by atoms with van der Waals surface area (Å²) in [5.74, 6) is -0.913. The van der Waals surface area contributed by atoms with E-state index < -0.39 is 17.9 Å². The van der Waals surface area contributed by atoms with E-state index in [-0.39, 0.29) is 11.1 Å². The first kappa shape index (κ1) is 12.0. The fraction of sp³-hybridized carbons (Fsp3) is 0.200. The van der Waals surface area contributed by atoms with E-state index in [0.29, 0.717) is 0 Å². The number of rotatable bonds is 2. The average molecular weight is 229 g/mol. The topological polar surface area (TPSA) is 50.1 Å². The number of hydrogen-bond acceptors (Lipinski definition) is 3. The molecule has 0 amide bonds. The number of benzene rings is 1. The van der Waals surface area contributed by atoms with E-state index in [9.17, 15) is 18.0 Å². The third-order valence-electron chi connectivity index (χ3n) is 1.72. The largest absolute Gasteiger partial charge is 0.573 e. The maximum atomic E-state index is 11.9. The Morgan fingerprint density at radius 2 is 2.06 bits per heavy atom. The van der Waals surface area contributed by atoms with E-state index in [1.807, 2.05) is 0 Å². The van der Waals surface area contributed by atoms with Crippen molar-refractivity contribution in [2.24, 2.45) is 0 Å². The first-order valence-corrected chi connectivity index (χ1v) is 4.14. The monoisotopic (exact) mass is 229 g/mol. The van der Waals surface area contributed by atoms with Crippen LogP contribution < -0.4 is 4.74 Å². The lowest BCUT2D eigenvalue weighted by Gasteiger charge is -2.09. The standard InChI is InChI=1S/C10H6F3NO2/c1-6(15)9-3-2-8(4-7(9)5-14)16-10(11,12)13/h2-4H,1H3. The van der Waals surface area contributed by atoms with Crippen molar-refractivity contribution in [3.63, 3.8) is 0 Å². The van der Waals surface area contributed by atoms with Crippen LogP contribution in [0.3, 0.4) is 0 Å². The van der Waals surface area contributed by atoms with Crippen molar-refractivity contribution in [3.8, 4) is 11.8 Å². The zero-order valence-electron chi connectivity index (χ0n) is 8.13. The van der Waals surface area contributed by atoms with Gasteiger partial charge in [-0.3, -0.25) is 4.79 Å². The zero-order chi connectivity index (χ0) is 12.3. The normalized spacial score (nSPS) is 10.7. The third-order valence-corrected chi connectivity index (χ3v) is 1.72. The lowest BCUT2D eigenvalue weighted by atomic mass is 10.1. The molecule has 0 heterocycles. The van der Waals surface area contributed by atoms with Crippen LogP contribution in [0.1, 0.15) is 22.8 Å². The van der Waals surface area contributed by atoms with E-state index in [4.69, 9.17) is 5.26 Å². The molecular formula is C10H6F3NO2. The van der Waals surface area contributed by atoms with Crippen LogP contribution in [-0.4, -0.2) is 12.1 Å². The highest BCUT2D eigenvalue weighted by Gasteiger charge is 2.31. The van der Waals surface area contributed by atoms with Gasteiger partial charge in [-0.15, -0.1) is 13.2 Å². The summed E-state index contributed by atoms with van der Waals surface area (Å²) >= 11 is 0. The SMILES string of the molecule is CC(=O)c1ccc(OC(F)(F)F)cc1C#N. The Morgan fingerprint density at radius 3 is 2.50 bits per heavy atom. The van der Waals surface area contributed by atoms with Gasteiger partial charge in [-0.1, -0.05) is 0 Å². The molecule has 0 unspecified atom stereocenters. The molecule has 0 radical (unpaired) electrons. The van der Waals surface area contributed by atoms with Crippen LogP contribution in [0.2, 0.25) is 0 Å². The molecular weight excluding hydrogens is 223 g/mol. The summed E-state index contributed by atoms with van der Waals surface area (Å²) < 4.78 is 39.2. The van der Waals surface area contributed by atoms with Crippen molar-refractivity contribution < 1.29 is 22.7 Å². The number of carbonyl (C=O) groups is 1. The van der Waals surface area contributed by atoms with Gasteiger partial charge < -0.3 is 4.74 Å². The van der Waals surface area contributed by atoms with Crippen molar-refractivity contribution in [3.05, 3.63) is 29.3 Å². The molecule has 0 N–H and O–H groups in total. The second kappa shape index (κ2) is 4.23. The van der Waals surface area contributed by atoms with Crippen LogP contribution in [0.4, 0.5) is 13.2 Å². The lowest BCUT2D eigenvalue weighted by molar-refractivity contribution is -0.274. The summed E-state index contributed by atoms with van der Waals surface area (Å²) in [6, 6.07) is 4.63. The van der Waals surface area contributed by atoms with Gasteiger partial charge in [0.15, 0.2) is 5.78 Å². The number of ketones is 1. The van der Waals surface area contributed by atoms with Gasteiger partial charge in [0.1, 0.15) is 11.8 Å². The number of ether oxygens (including phenoxy) is 1. The summed E-state index contributed by atoms with van der Waals surface area (Å²) in [4.78, 5) is 11.0. The minimum absolute atomic E-state index is 0.0667. The van der Waals surface area contributed by atoms with Gasteiger partial charge in [0.05, 0.1) is 5.56 Å². The van der Waals surface area contributed by atoms with E-state index in [0.717, 1.165) is 18.2 Å². The second-order valence-electron chi connectivity index (χ2n) is 2.92. The van der Waals surface area contributed by atoms with E-state index in [1.54, 1.807) is 6.07 Å². The van der Waals surface area contributed by atoms with Gasteiger partial charge in [-0.2, -0.15) is 5.26 Å². The summed E-state index contributed by atoms with van der Waals surface area (Å²) in [5.41, 5.74) is -0.0775. The first-order valence-electron chi connectivity index (χ1n) is 4.14. The molecule has 16 heavy (non-hydrogen) atoms. The number of hydrogen-bond donors (Lipinski definition) is 0. The maximum absolute atomic E-state index is 11.9. The third kappa shape index (κ3) is 2.98. The summed E-state index contributed by atoms with van der Waals surface area (Å²) in [7, 11) is 0. The van der Waals surface area contributed by atoms with Crippen molar-refractivity contribution in [2.75, 3.05) is 0 Å². The fourth-order valence-electron chi connectivity index (χ4n) is 1.12. The van der Waals surface area contributed by atoms with Gasteiger partial charge in [0.2, 0.25) is 0 Å². The van der Waals surface area contributed by atoms with E-state index in [2.05, 4.69) is 4.74 Å². The van der Waals surface area contributed by atoms with Crippen LogP contribution >= 0.6 is 0 Å². The Hall–Kier alpha value is -2.03. The number of Topliss-reactive ketones (excluding diaryl/α,β-unsaturated/α-hetero) is 1. The Labute approximate surface area is 89.1 Å². The molecule has 1 aromatic carbocycles. The molecule has 0 atom stereocenters. The molecule has 0 saturated carbocycles. The molecule has 0 saturated heterocycles. The predicted molar refractivity (Wildman–Crippen MR) is 47.8 cm³/mol. The van der Waals surface area contributed by atoms with Gasteiger partial charge in [0.25, 0.3) is 0 Å². The van der Waals surface area contributed by atoms with Crippen molar-refractivity contribution in [2.45, 2.75) is 13.3 Å². The van der Waals surface area contributed by atoms with Crippen molar-refractivity contribution >= 4 is 5.78 Å². The molecule has 0 aliphatic heterocycles. The molecule has 0 bridgehead atoms. The predicted octanol–water partition coefficient (Wildman–Crippen LogP) is 2.66. The smallest absolute Gasteiger partial charge is 0.406 e. The molecule has 84 valence electrons. The van der Waals surface area contributed by atoms with Gasteiger partial charge in [-0.05, 0) is 25.1 Å². The van der Waals surface area contributed by atoms with Gasteiger partial charge in [-0.25, -0.2) is 0 Å². The summed E-state index contributed by atoms with van der Waals surface area (Å²) in [6.45, 7) is 1.22. The van der Waals surface area contributed by atoms with Crippen molar-refractivity contribution in [1.29, 1.82) is 5.26 Å². The number of alkyl halides is 3. The molecule has 0 aliphatic carbocycles. The molecule has 6 heteroatoms. The minimum atomic E-state index is -4.82. The minimum Gasteiger partial charge on any atom is -0.406 e. The summed E-state index contributed by atoms with van der Waals surface area (Å²) in [5, 5.41) is 8.65. The zero-order valence-corrected chi connectivity index (χ0v) is 8.13. The first-order chi connectivity index (χ1) is 7.33. The Bertz CT molecular complexity index is 460. The fourth-order valence-corrected chi connectivity index (χ4v) is 1.12. The van der Waals surface area contributed by atoms with Gasteiger partial charge >= 0.3 is 6.36 Å². The van der Waals surface area contributed by atoms with Crippen LogP contribution in [0.5, 0.6) is 5.75 Å². The van der Waals surface area contributed by atoms with E-state index in [1.165, 1.54) is 6.92 Å². The molecule has 0 spiro atoms. The molecule has 0 fully saturated rings. The quantitative estimate of drug-likeness (QED) is 0.732. The molecule has 3 nitrogen and oxygen atoms in total. The number of carbonyl (C=O) groups excluding carboxylic acids is 1. The average Bonchev–Trinajstić information content (AvgIpc) is 2.14. The van der Waals surface area contributed by atoms with Crippen LogP contribution in [0, 0.1) is 11.3 Å². The van der Waals surface area contributed by atoms with Crippen LogP contribution in [0.15, 0.2) is 18.2 Å². The lowest BCUT2D eigenvalue weighted by Crippen LogP contribution is -2.17. The highest BCUT2D eigenvalue weighted by Crippen LogP contribution is 2.24. The van der Waals surface area contributed by atoms with Crippen LogP contribution in [0.25, 0.3) is 0 Å². The molecule has 0 aromatic heterocycles. The molecule has 1 aromatic rings. The highest BCUT2D eigenvalue weighted by atomic mass is 19.4. The molecule has 1 rings (SSSR count). The number of halogens is 3. The van der Waals surface area contributed by atoms with E-state index >= 15 is 0 Å². The Morgan fingerprint density at radius 1 is 1.44 bits per heavy atom. The second-order valence-corrected chi connectivity index (χ2v) is 2.92.